The van der Waals surface area contributed by atoms with Crippen LogP contribution in [0.5, 0.6) is 0 Å². The molecule has 0 bridgehead atoms. The van der Waals surface area contributed by atoms with Gasteiger partial charge in [0, 0.05) is 43.1 Å². The van der Waals surface area contributed by atoms with Gasteiger partial charge >= 0.3 is 0 Å². The molecule has 0 heterocycles. The van der Waals surface area contributed by atoms with Crippen LogP contribution in [0, 0.1) is 13.8 Å². The Kier molecular flexibility index (Phi) is 6.87. The molecule has 0 unspecified atom stereocenters. The fourth-order valence-corrected chi connectivity index (χ4v) is 2.91. The largest absolute Gasteiger partial charge is 0.385 e. The van der Waals surface area contributed by atoms with Crippen LogP contribution in [0.25, 0.3) is 0 Å². The topological polar surface area (TPSA) is 44.4 Å². The fourth-order valence-electron chi connectivity index (χ4n) is 2.91. The molecule has 4 heteroatoms. The molecule has 0 radical (unpaired) electrons. The Bertz CT molecular complexity index is 671. The molecule has 1 amide bonds. The van der Waals surface area contributed by atoms with Gasteiger partial charge in [0.25, 0.3) is 0 Å². The Balaban J connectivity index is 1.83. The summed E-state index contributed by atoms with van der Waals surface area (Å²) in [6.45, 7) is 11.0. The SMILES string of the molecule is CCN(CC)c1ccc(NCCC(=O)Nc2c(C)cccc2C)cc1. The average Bonchev–Trinajstić information content (AvgIpc) is 2.61. The predicted molar refractivity (Wildman–Crippen MR) is 108 cm³/mol. The van der Waals surface area contributed by atoms with E-state index in [1.807, 2.05) is 32.0 Å². The quantitative estimate of drug-likeness (QED) is 0.739. The second kappa shape index (κ2) is 9.11. The van der Waals surface area contributed by atoms with Crippen LogP contribution in [-0.2, 0) is 4.79 Å². The Morgan fingerprint density at radius 3 is 2.12 bits per heavy atom. The van der Waals surface area contributed by atoms with Crippen molar-refractivity contribution >= 4 is 23.0 Å². The average molecular weight is 339 g/mol. The van der Waals surface area contributed by atoms with Gasteiger partial charge in [-0.2, -0.15) is 0 Å². The molecule has 0 saturated heterocycles. The number of para-hydroxylation sites is 1. The van der Waals surface area contributed by atoms with E-state index in [0.29, 0.717) is 13.0 Å². The highest BCUT2D eigenvalue weighted by atomic mass is 16.1. The third-order valence-corrected chi connectivity index (χ3v) is 4.42. The molecule has 134 valence electrons. The molecule has 0 spiro atoms. The van der Waals surface area contributed by atoms with Crippen molar-refractivity contribution in [1.82, 2.24) is 0 Å². The van der Waals surface area contributed by atoms with Gasteiger partial charge in [-0.1, -0.05) is 18.2 Å². The molecule has 2 N–H and O–H groups in total. The minimum Gasteiger partial charge on any atom is -0.385 e. The van der Waals surface area contributed by atoms with Crippen LogP contribution >= 0.6 is 0 Å². The number of hydrogen-bond acceptors (Lipinski definition) is 3. The van der Waals surface area contributed by atoms with Crippen LogP contribution in [0.3, 0.4) is 0 Å². The lowest BCUT2D eigenvalue weighted by molar-refractivity contribution is -0.115. The number of benzene rings is 2. The van der Waals surface area contributed by atoms with E-state index >= 15 is 0 Å². The third-order valence-electron chi connectivity index (χ3n) is 4.42. The maximum atomic E-state index is 12.2. The maximum Gasteiger partial charge on any atom is 0.226 e. The zero-order valence-electron chi connectivity index (χ0n) is 15.7. The Morgan fingerprint density at radius 1 is 0.960 bits per heavy atom. The van der Waals surface area contributed by atoms with Gasteiger partial charge < -0.3 is 15.5 Å². The van der Waals surface area contributed by atoms with Crippen molar-refractivity contribution in [2.45, 2.75) is 34.1 Å². The fraction of sp³-hybridized carbons (Fsp3) is 0.381. The molecule has 2 aromatic carbocycles. The third kappa shape index (κ3) is 5.24. The molecule has 2 aromatic rings. The summed E-state index contributed by atoms with van der Waals surface area (Å²) >= 11 is 0. The van der Waals surface area contributed by atoms with Gasteiger partial charge in [-0.3, -0.25) is 4.79 Å². The van der Waals surface area contributed by atoms with E-state index < -0.39 is 0 Å². The summed E-state index contributed by atoms with van der Waals surface area (Å²) in [4.78, 5) is 14.5. The molecule has 0 atom stereocenters. The minimum absolute atomic E-state index is 0.0321. The molecule has 4 nitrogen and oxygen atoms in total. The van der Waals surface area contributed by atoms with Crippen molar-refractivity contribution in [3.63, 3.8) is 0 Å². The van der Waals surface area contributed by atoms with E-state index in [1.165, 1.54) is 5.69 Å². The Labute approximate surface area is 151 Å². The number of rotatable bonds is 8. The van der Waals surface area contributed by atoms with Crippen molar-refractivity contribution in [2.24, 2.45) is 0 Å². The molecule has 0 aromatic heterocycles. The first kappa shape index (κ1) is 18.8. The zero-order chi connectivity index (χ0) is 18.2. The number of amides is 1. The lowest BCUT2D eigenvalue weighted by Crippen LogP contribution is -2.21. The number of hydrogen-bond donors (Lipinski definition) is 2. The summed E-state index contributed by atoms with van der Waals surface area (Å²) in [5, 5.41) is 6.33. The van der Waals surface area contributed by atoms with Crippen molar-refractivity contribution in [3.05, 3.63) is 53.6 Å². The lowest BCUT2D eigenvalue weighted by Gasteiger charge is -2.21. The Morgan fingerprint density at radius 2 is 1.56 bits per heavy atom. The van der Waals surface area contributed by atoms with E-state index in [4.69, 9.17) is 0 Å². The van der Waals surface area contributed by atoms with Gasteiger partial charge in [0.1, 0.15) is 0 Å². The van der Waals surface area contributed by atoms with Crippen LogP contribution in [0.2, 0.25) is 0 Å². The smallest absolute Gasteiger partial charge is 0.226 e. The van der Waals surface area contributed by atoms with Gasteiger partial charge in [-0.05, 0) is 63.1 Å². The number of nitrogens with zero attached hydrogens (tertiary/aromatic N) is 1. The number of aryl methyl sites for hydroxylation is 2. The number of carbonyl (C=O) groups is 1. The predicted octanol–water partition coefficient (Wildman–Crippen LogP) is 4.59. The Hall–Kier alpha value is -2.49. The summed E-state index contributed by atoms with van der Waals surface area (Å²) in [5.74, 6) is 0.0321. The molecular formula is C21H29N3O. The first-order valence-electron chi connectivity index (χ1n) is 9.00. The van der Waals surface area contributed by atoms with Crippen LogP contribution in [0.15, 0.2) is 42.5 Å². The van der Waals surface area contributed by atoms with E-state index in [1.54, 1.807) is 0 Å². The highest BCUT2D eigenvalue weighted by Crippen LogP contribution is 2.20. The summed E-state index contributed by atoms with van der Waals surface area (Å²) in [6, 6.07) is 14.4. The molecule has 0 fully saturated rings. The minimum atomic E-state index is 0.0321. The summed E-state index contributed by atoms with van der Waals surface area (Å²) < 4.78 is 0. The maximum absolute atomic E-state index is 12.2. The van der Waals surface area contributed by atoms with Crippen molar-refractivity contribution < 1.29 is 4.79 Å². The standard InChI is InChI=1S/C21H29N3O/c1-5-24(6-2)19-12-10-18(11-13-19)22-15-14-20(25)23-21-16(3)8-7-9-17(21)4/h7-13,22H,5-6,14-15H2,1-4H3,(H,23,25). The lowest BCUT2D eigenvalue weighted by atomic mass is 10.1. The van der Waals surface area contributed by atoms with Crippen LogP contribution in [0.4, 0.5) is 17.1 Å². The van der Waals surface area contributed by atoms with Crippen molar-refractivity contribution in [2.75, 3.05) is 35.2 Å². The summed E-state index contributed by atoms with van der Waals surface area (Å²) in [7, 11) is 0. The zero-order valence-corrected chi connectivity index (χ0v) is 15.7. The van der Waals surface area contributed by atoms with E-state index in [0.717, 1.165) is 35.6 Å². The molecule has 0 saturated carbocycles. The van der Waals surface area contributed by atoms with E-state index in [-0.39, 0.29) is 5.91 Å². The van der Waals surface area contributed by atoms with E-state index in [2.05, 4.69) is 53.6 Å². The number of carbonyl (C=O) groups excluding carboxylic acids is 1. The summed E-state index contributed by atoms with van der Waals surface area (Å²) in [5.41, 5.74) is 5.37. The molecule has 25 heavy (non-hydrogen) atoms. The normalized spacial score (nSPS) is 10.4. The second-order valence-corrected chi connectivity index (χ2v) is 6.21. The van der Waals surface area contributed by atoms with Crippen LogP contribution < -0.4 is 15.5 Å². The van der Waals surface area contributed by atoms with Crippen molar-refractivity contribution in [3.8, 4) is 0 Å². The highest BCUT2D eigenvalue weighted by Gasteiger charge is 2.07. The van der Waals surface area contributed by atoms with Gasteiger partial charge in [-0.25, -0.2) is 0 Å². The molecule has 0 aliphatic heterocycles. The molecule has 2 rings (SSSR count). The molecular weight excluding hydrogens is 310 g/mol. The second-order valence-electron chi connectivity index (χ2n) is 6.21. The first-order valence-corrected chi connectivity index (χ1v) is 9.00. The monoisotopic (exact) mass is 339 g/mol. The van der Waals surface area contributed by atoms with Crippen LogP contribution in [-0.4, -0.2) is 25.5 Å². The van der Waals surface area contributed by atoms with Gasteiger partial charge in [0.2, 0.25) is 5.91 Å². The first-order chi connectivity index (χ1) is 12.0. The number of anilines is 3. The molecule has 0 aliphatic carbocycles. The van der Waals surface area contributed by atoms with Gasteiger partial charge in [0.05, 0.1) is 0 Å². The van der Waals surface area contributed by atoms with E-state index in [9.17, 15) is 4.79 Å². The van der Waals surface area contributed by atoms with Gasteiger partial charge in [-0.15, -0.1) is 0 Å². The van der Waals surface area contributed by atoms with Crippen LogP contribution in [0.1, 0.15) is 31.4 Å². The summed E-state index contributed by atoms with van der Waals surface area (Å²) in [6.07, 6.45) is 0.436. The molecule has 0 aliphatic rings. The van der Waals surface area contributed by atoms with Crippen molar-refractivity contribution in [1.29, 1.82) is 0 Å². The highest BCUT2D eigenvalue weighted by molar-refractivity contribution is 5.92. The number of nitrogens with one attached hydrogen (secondary N) is 2. The van der Waals surface area contributed by atoms with Gasteiger partial charge in [0.15, 0.2) is 0 Å².